The Kier molecular flexibility index (Phi) is 4.84. The molecule has 98 valence electrons. The van der Waals surface area contributed by atoms with Crippen molar-refractivity contribution in [3.63, 3.8) is 0 Å². The van der Waals surface area contributed by atoms with Gasteiger partial charge in [0, 0.05) is 25.6 Å². The number of nitrogens with two attached hydrogens (primary N) is 1. The van der Waals surface area contributed by atoms with Crippen molar-refractivity contribution in [2.75, 3.05) is 13.1 Å². The van der Waals surface area contributed by atoms with E-state index in [-0.39, 0.29) is 6.04 Å². The van der Waals surface area contributed by atoms with Crippen molar-refractivity contribution in [1.82, 2.24) is 4.90 Å². The molecule has 0 aromatic rings. The van der Waals surface area contributed by atoms with E-state index in [1.54, 1.807) is 0 Å². The van der Waals surface area contributed by atoms with Crippen molar-refractivity contribution in [3.8, 4) is 0 Å². The summed E-state index contributed by atoms with van der Waals surface area (Å²) in [4.78, 5) is 14.3. The van der Waals surface area contributed by atoms with Crippen LogP contribution in [0.2, 0.25) is 0 Å². The molecule has 0 spiro atoms. The van der Waals surface area contributed by atoms with Crippen molar-refractivity contribution in [2.45, 2.75) is 63.8 Å². The quantitative estimate of drug-likeness (QED) is 0.802. The summed E-state index contributed by atoms with van der Waals surface area (Å²) in [6.45, 7) is 1.95. The monoisotopic (exact) mass is 238 g/mol. The van der Waals surface area contributed by atoms with Gasteiger partial charge in [-0.15, -0.1) is 0 Å². The first kappa shape index (κ1) is 12.9. The highest BCUT2D eigenvalue weighted by molar-refractivity contribution is 5.76. The van der Waals surface area contributed by atoms with E-state index in [0.717, 1.165) is 25.9 Å². The fourth-order valence-corrected chi connectivity index (χ4v) is 3.17. The van der Waals surface area contributed by atoms with E-state index < -0.39 is 0 Å². The maximum Gasteiger partial charge on any atom is 0.222 e. The van der Waals surface area contributed by atoms with Crippen LogP contribution in [0.3, 0.4) is 0 Å². The lowest BCUT2D eigenvalue weighted by atomic mass is 9.99. The second kappa shape index (κ2) is 6.39. The van der Waals surface area contributed by atoms with E-state index in [4.69, 9.17) is 5.73 Å². The van der Waals surface area contributed by atoms with Crippen LogP contribution in [0.25, 0.3) is 0 Å². The standard InChI is InChI=1S/C14H26N2O/c15-13-8-6-7-12(13)11-14(17)16-9-4-2-1-3-5-10-16/h12-13H,1-11,15H2/t12-,13+/m0/s1. The largest absolute Gasteiger partial charge is 0.343 e. The maximum atomic E-state index is 12.2. The molecule has 1 heterocycles. The summed E-state index contributed by atoms with van der Waals surface area (Å²) in [5.74, 6) is 0.808. The van der Waals surface area contributed by atoms with Crippen molar-refractivity contribution >= 4 is 5.91 Å². The summed E-state index contributed by atoms with van der Waals surface area (Å²) in [5, 5.41) is 0. The van der Waals surface area contributed by atoms with E-state index in [0.29, 0.717) is 18.2 Å². The van der Waals surface area contributed by atoms with E-state index >= 15 is 0 Å². The topological polar surface area (TPSA) is 46.3 Å². The van der Waals surface area contributed by atoms with Gasteiger partial charge in [-0.2, -0.15) is 0 Å². The highest BCUT2D eigenvalue weighted by Crippen LogP contribution is 2.27. The minimum absolute atomic E-state index is 0.272. The van der Waals surface area contributed by atoms with E-state index in [1.165, 1.54) is 38.5 Å². The molecule has 1 aliphatic carbocycles. The van der Waals surface area contributed by atoms with Gasteiger partial charge in [-0.05, 0) is 31.6 Å². The van der Waals surface area contributed by atoms with Crippen LogP contribution in [0, 0.1) is 5.92 Å². The van der Waals surface area contributed by atoms with Gasteiger partial charge in [-0.25, -0.2) is 0 Å². The van der Waals surface area contributed by atoms with Crippen molar-refractivity contribution in [2.24, 2.45) is 11.7 Å². The fourth-order valence-electron chi connectivity index (χ4n) is 3.17. The number of hydrogen-bond donors (Lipinski definition) is 1. The molecule has 3 nitrogen and oxygen atoms in total. The van der Waals surface area contributed by atoms with Crippen LogP contribution < -0.4 is 5.73 Å². The predicted octanol–water partition coefficient (Wildman–Crippen LogP) is 2.30. The highest BCUT2D eigenvalue weighted by atomic mass is 16.2. The van der Waals surface area contributed by atoms with Gasteiger partial charge in [-0.1, -0.05) is 25.7 Å². The minimum Gasteiger partial charge on any atom is -0.343 e. The molecule has 0 unspecified atom stereocenters. The molecule has 0 aromatic heterocycles. The van der Waals surface area contributed by atoms with Crippen LogP contribution >= 0.6 is 0 Å². The van der Waals surface area contributed by atoms with Crippen molar-refractivity contribution in [3.05, 3.63) is 0 Å². The van der Waals surface area contributed by atoms with Crippen LogP contribution in [0.5, 0.6) is 0 Å². The molecule has 1 saturated heterocycles. The van der Waals surface area contributed by atoms with Crippen LogP contribution in [0.1, 0.15) is 57.8 Å². The zero-order chi connectivity index (χ0) is 12.1. The molecule has 1 amide bonds. The van der Waals surface area contributed by atoms with E-state index in [2.05, 4.69) is 4.90 Å². The van der Waals surface area contributed by atoms with Gasteiger partial charge >= 0.3 is 0 Å². The number of likely N-dealkylation sites (tertiary alicyclic amines) is 1. The molecule has 2 rings (SSSR count). The lowest BCUT2D eigenvalue weighted by molar-refractivity contribution is -0.132. The fraction of sp³-hybridized carbons (Fsp3) is 0.929. The number of carbonyl (C=O) groups excluding carboxylic acids is 1. The van der Waals surface area contributed by atoms with E-state index in [1.807, 2.05) is 0 Å². The SMILES string of the molecule is N[C@@H]1CCC[C@H]1CC(=O)N1CCCCCCC1. The Morgan fingerprint density at radius 3 is 2.24 bits per heavy atom. The van der Waals surface area contributed by atoms with Gasteiger partial charge in [0.2, 0.25) is 5.91 Å². The molecule has 1 saturated carbocycles. The first-order valence-corrected chi connectivity index (χ1v) is 7.31. The van der Waals surface area contributed by atoms with Crippen molar-refractivity contribution in [1.29, 1.82) is 0 Å². The first-order valence-electron chi connectivity index (χ1n) is 7.31. The Labute approximate surface area is 105 Å². The number of nitrogens with zero attached hydrogens (tertiary/aromatic N) is 1. The Balaban J connectivity index is 1.80. The zero-order valence-electron chi connectivity index (χ0n) is 10.9. The summed E-state index contributed by atoms with van der Waals surface area (Å²) in [5.41, 5.74) is 6.04. The lowest BCUT2D eigenvalue weighted by Gasteiger charge is -2.26. The van der Waals surface area contributed by atoms with E-state index in [9.17, 15) is 4.79 Å². The number of rotatable bonds is 2. The normalized spacial score (nSPS) is 31.0. The Morgan fingerprint density at radius 1 is 1.00 bits per heavy atom. The Bertz CT molecular complexity index is 247. The summed E-state index contributed by atoms with van der Waals surface area (Å²) in [6.07, 6.45) is 10.4. The molecule has 2 atom stereocenters. The smallest absolute Gasteiger partial charge is 0.222 e. The van der Waals surface area contributed by atoms with Crippen LogP contribution in [0.15, 0.2) is 0 Å². The molecular weight excluding hydrogens is 212 g/mol. The van der Waals surface area contributed by atoms with Crippen molar-refractivity contribution < 1.29 is 4.79 Å². The first-order chi connectivity index (χ1) is 8.27. The third kappa shape index (κ3) is 3.70. The Morgan fingerprint density at radius 2 is 1.65 bits per heavy atom. The van der Waals surface area contributed by atoms with Gasteiger partial charge in [0.15, 0.2) is 0 Å². The average molecular weight is 238 g/mol. The predicted molar refractivity (Wildman–Crippen MR) is 69.6 cm³/mol. The summed E-state index contributed by atoms with van der Waals surface area (Å²) in [6, 6.07) is 0.272. The molecule has 3 heteroatoms. The zero-order valence-corrected chi connectivity index (χ0v) is 10.9. The highest BCUT2D eigenvalue weighted by Gasteiger charge is 2.27. The molecule has 0 bridgehead atoms. The summed E-state index contributed by atoms with van der Waals surface area (Å²) < 4.78 is 0. The molecular formula is C14H26N2O. The lowest BCUT2D eigenvalue weighted by Crippen LogP contribution is -2.37. The molecule has 17 heavy (non-hydrogen) atoms. The number of hydrogen-bond acceptors (Lipinski definition) is 2. The Hall–Kier alpha value is -0.570. The van der Waals surface area contributed by atoms with Gasteiger partial charge in [0.25, 0.3) is 0 Å². The molecule has 2 aliphatic rings. The number of carbonyl (C=O) groups is 1. The third-order valence-electron chi connectivity index (χ3n) is 4.36. The van der Waals surface area contributed by atoms with Gasteiger partial charge in [0.05, 0.1) is 0 Å². The van der Waals surface area contributed by atoms with Gasteiger partial charge in [0.1, 0.15) is 0 Å². The molecule has 1 aliphatic heterocycles. The molecule has 2 N–H and O–H groups in total. The van der Waals surface area contributed by atoms with Crippen LogP contribution in [-0.2, 0) is 4.79 Å². The summed E-state index contributed by atoms with van der Waals surface area (Å²) >= 11 is 0. The maximum absolute atomic E-state index is 12.2. The van der Waals surface area contributed by atoms with Gasteiger partial charge < -0.3 is 10.6 Å². The molecule has 2 fully saturated rings. The minimum atomic E-state index is 0.272. The molecule has 0 radical (unpaired) electrons. The second-order valence-electron chi connectivity index (χ2n) is 5.71. The third-order valence-corrected chi connectivity index (χ3v) is 4.36. The second-order valence-corrected chi connectivity index (χ2v) is 5.71. The van der Waals surface area contributed by atoms with Crippen LogP contribution in [0.4, 0.5) is 0 Å². The van der Waals surface area contributed by atoms with Crippen LogP contribution in [-0.4, -0.2) is 29.9 Å². The number of amides is 1. The van der Waals surface area contributed by atoms with Gasteiger partial charge in [-0.3, -0.25) is 4.79 Å². The molecule has 0 aromatic carbocycles. The average Bonchev–Trinajstić information content (AvgIpc) is 2.63. The summed E-state index contributed by atoms with van der Waals surface area (Å²) in [7, 11) is 0.